The molecule has 2 aliphatic heterocycles. The van der Waals surface area contributed by atoms with Crippen LogP contribution in [0.25, 0.3) is 0 Å². The fourth-order valence-corrected chi connectivity index (χ4v) is 2.35. The summed E-state index contributed by atoms with van der Waals surface area (Å²) < 4.78 is 0. The molecule has 2 saturated heterocycles. The predicted molar refractivity (Wildman–Crippen MR) is 57.1 cm³/mol. The average Bonchev–Trinajstić information content (AvgIpc) is 2.60. The summed E-state index contributed by atoms with van der Waals surface area (Å²) in [6, 6.07) is 0.832. The lowest BCUT2D eigenvalue weighted by Gasteiger charge is -2.25. The summed E-state index contributed by atoms with van der Waals surface area (Å²) in [5.74, 6) is 1.35. The van der Waals surface area contributed by atoms with Crippen LogP contribution in [0.5, 0.6) is 0 Å². The molecule has 0 spiro atoms. The third kappa shape index (κ3) is 1.90. The number of fused-ring (bicyclic) bond motifs is 1. The molecule has 0 radical (unpaired) electrons. The van der Waals surface area contributed by atoms with Gasteiger partial charge in [0.1, 0.15) is 0 Å². The minimum atomic E-state index is 0.138. The first-order chi connectivity index (χ1) is 6.66. The molecule has 2 bridgehead atoms. The van der Waals surface area contributed by atoms with Crippen molar-refractivity contribution in [3.8, 4) is 0 Å². The van der Waals surface area contributed by atoms with Gasteiger partial charge in [-0.25, -0.2) is 0 Å². The van der Waals surface area contributed by atoms with Gasteiger partial charge in [-0.2, -0.15) is 0 Å². The molecule has 1 aliphatic carbocycles. The molecule has 0 amide bonds. The Hall–Kier alpha value is -0.630. The zero-order valence-electron chi connectivity index (χ0n) is 9.07. The van der Waals surface area contributed by atoms with Gasteiger partial charge in [0.2, 0.25) is 0 Å². The highest BCUT2D eigenvalue weighted by molar-refractivity contribution is 5.91. The second-order valence-corrected chi connectivity index (χ2v) is 4.90. The molecule has 0 aromatic rings. The Labute approximate surface area is 86.0 Å². The highest BCUT2D eigenvalue weighted by Gasteiger charge is 2.41. The second kappa shape index (κ2) is 3.85. The van der Waals surface area contributed by atoms with Gasteiger partial charge < -0.3 is 0 Å². The van der Waals surface area contributed by atoms with Crippen LogP contribution in [-0.4, -0.2) is 29.8 Å². The van der Waals surface area contributed by atoms with Crippen LogP contribution in [0.2, 0.25) is 0 Å². The maximum atomic E-state index is 11.3. The van der Waals surface area contributed by atoms with Crippen LogP contribution in [0.3, 0.4) is 0 Å². The van der Waals surface area contributed by atoms with E-state index in [9.17, 15) is 4.79 Å². The number of allylic oxidation sites excluding steroid dienone is 1. The number of hydrogen-bond acceptors (Lipinski definition) is 2. The van der Waals surface area contributed by atoms with Crippen LogP contribution < -0.4 is 0 Å². The first-order valence-electron chi connectivity index (χ1n) is 5.61. The Morgan fingerprint density at radius 2 is 2.21 bits per heavy atom. The molecule has 2 nitrogen and oxygen atoms in total. The molecular formula is C12H19NO. The Kier molecular flexibility index (Phi) is 2.73. The van der Waals surface area contributed by atoms with Crippen LogP contribution in [0.15, 0.2) is 12.2 Å². The Balaban J connectivity index is 1.74. The highest BCUT2D eigenvalue weighted by atomic mass is 16.1. The topological polar surface area (TPSA) is 20.3 Å². The normalized spacial score (nSPS) is 31.4. The van der Waals surface area contributed by atoms with E-state index in [0.29, 0.717) is 0 Å². The number of nitrogens with zero attached hydrogens (tertiary/aromatic N) is 1. The summed E-state index contributed by atoms with van der Waals surface area (Å²) in [5.41, 5.74) is 0. The predicted octanol–water partition coefficient (Wildman–Crippen LogP) is 1.86. The molecule has 0 aromatic carbocycles. The van der Waals surface area contributed by atoms with Crippen molar-refractivity contribution in [1.29, 1.82) is 0 Å². The largest absolute Gasteiger partial charge is 0.296 e. The molecule has 3 aliphatic rings. The van der Waals surface area contributed by atoms with E-state index in [1.54, 1.807) is 6.08 Å². The molecular weight excluding hydrogens is 174 g/mol. The minimum Gasteiger partial charge on any atom is -0.296 e. The molecule has 2 heteroatoms. The van der Waals surface area contributed by atoms with E-state index in [4.69, 9.17) is 0 Å². The summed E-state index contributed by atoms with van der Waals surface area (Å²) in [6.45, 7) is 6.11. The van der Waals surface area contributed by atoms with Crippen molar-refractivity contribution >= 4 is 5.78 Å². The number of ketones is 1. The molecule has 0 aromatic heterocycles. The van der Waals surface area contributed by atoms with Gasteiger partial charge in [0.25, 0.3) is 0 Å². The lowest BCUT2D eigenvalue weighted by atomic mass is 9.86. The summed E-state index contributed by atoms with van der Waals surface area (Å²) in [5, 5.41) is 0. The van der Waals surface area contributed by atoms with Gasteiger partial charge in [-0.3, -0.25) is 9.69 Å². The van der Waals surface area contributed by atoms with Crippen molar-refractivity contribution in [2.75, 3.05) is 13.1 Å². The van der Waals surface area contributed by atoms with Gasteiger partial charge in [-0.15, -0.1) is 0 Å². The zero-order valence-corrected chi connectivity index (χ0v) is 9.07. The lowest BCUT2D eigenvalue weighted by Crippen LogP contribution is -2.28. The van der Waals surface area contributed by atoms with Crippen LogP contribution in [0.4, 0.5) is 0 Å². The number of rotatable bonds is 4. The first-order valence-corrected chi connectivity index (χ1v) is 5.61. The number of hydrogen-bond donors (Lipinski definition) is 0. The molecule has 0 atom stereocenters. The molecule has 1 saturated carbocycles. The molecule has 0 N–H and O–H groups in total. The fraction of sp³-hybridized carbons (Fsp3) is 0.750. The summed E-state index contributed by atoms with van der Waals surface area (Å²) >= 11 is 0. The van der Waals surface area contributed by atoms with E-state index in [2.05, 4.69) is 4.90 Å². The Morgan fingerprint density at radius 3 is 2.71 bits per heavy atom. The maximum Gasteiger partial charge on any atom is 0.157 e. The van der Waals surface area contributed by atoms with E-state index in [1.165, 1.54) is 19.4 Å². The van der Waals surface area contributed by atoms with E-state index in [0.717, 1.165) is 18.5 Å². The van der Waals surface area contributed by atoms with Gasteiger partial charge in [-0.1, -0.05) is 19.9 Å². The van der Waals surface area contributed by atoms with Crippen LogP contribution in [-0.2, 0) is 4.79 Å². The van der Waals surface area contributed by atoms with Crippen molar-refractivity contribution in [1.82, 2.24) is 4.90 Å². The second-order valence-electron chi connectivity index (χ2n) is 4.90. The average molecular weight is 193 g/mol. The third-order valence-corrected chi connectivity index (χ3v) is 3.41. The molecule has 3 fully saturated rings. The minimum absolute atomic E-state index is 0.138. The fourth-order valence-electron chi connectivity index (χ4n) is 2.35. The Morgan fingerprint density at radius 1 is 1.50 bits per heavy atom. The monoisotopic (exact) mass is 193 g/mol. The van der Waals surface area contributed by atoms with E-state index in [-0.39, 0.29) is 11.7 Å². The van der Waals surface area contributed by atoms with Gasteiger partial charge >= 0.3 is 0 Å². The number of carbonyl (C=O) groups is 1. The third-order valence-electron chi connectivity index (χ3n) is 3.41. The SMILES string of the molecule is CC(C)C(=O)/C=C/CN1CC2CC1C2. The van der Waals surface area contributed by atoms with Crippen molar-refractivity contribution in [2.24, 2.45) is 11.8 Å². The smallest absolute Gasteiger partial charge is 0.157 e. The molecule has 0 unspecified atom stereocenters. The molecule has 3 rings (SSSR count). The van der Waals surface area contributed by atoms with Crippen LogP contribution >= 0.6 is 0 Å². The van der Waals surface area contributed by atoms with Gasteiger partial charge in [-0.05, 0) is 24.8 Å². The van der Waals surface area contributed by atoms with E-state index >= 15 is 0 Å². The highest BCUT2D eigenvalue weighted by Crippen LogP contribution is 2.40. The Bertz CT molecular complexity index is 251. The van der Waals surface area contributed by atoms with Crippen LogP contribution in [0.1, 0.15) is 26.7 Å². The summed E-state index contributed by atoms with van der Waals surface area (Å²) in [4.78, 5) is 13.8. The van der Waals surface area contributed by atoms with Gasteiger partial charge in [0, 0.05) is 25.0 Å². The number of carbonyl (C=O) groups excluding carboxylic acids is 1. The van der Waals surface area contributed by atoms with Gasteiger partial charge in [0.15, 0.2) is 5.78 Å². The first kappa shape index (κ1) is 9.91. The zero-order chi connectivity index (χ0) is 10.1. The standard InChI is InChI=1S/C12H19NO/c1-9(2)12(14)4-3-5-13-8-10-6-11(13)7-10/h3-4,9-11H,5-8H2,1-2H3/b4-3+. The van der Waals surface area contributed by atoms with E-state index in [1.807, 2.05) is 19.9 Å². The van der Waals surface area contributed by atoms with Crippen molar-refractivity contribution < 1.29 is 4.79 Å². The lowest BCUT2D eigenvalue weighted by molar-refractivity contribution is -0.117. The molecule has 14 heavy (non-hydrogen) atoms. The maximum absolute atomic E-state index is 11.3. The van der Waals surface area contributed by atoms with Crippen molar-refractivity contribution in [2.45, 2.75) is 32.7 Å². The summed E-state index contributed by atoms with van der Waals surface area (Å²) in [6.07, 6.45) is 6.57. The van der Waals surface area contributed by atoms with Gasteiger partial charge in [0.05, 0.1) is 0 Å². The van der Waals surface area contributed by atoms with Crippen molar-refractivity contribution in [3.63, 3.8) is 0 Å². The summed E-state index contributed by atoms with van der Waals surface area (Å²) in [7, 11) is 0. The quantitative estimate of drug-likeness (QED) is 0.635. The van der Waals surface area contributed by atoms with Crippen molar-refractivity contribution in [3.05, 3.63) is 12.2 Å². The van der Waals surface area contributed by atoms with E-state index < -0.39 is 0 Å². The van der Waals surface area contributed by atoms with Crippen LogP contribution in [0, 0.1) is 11.8 Å². The molecule has 78 valence electrons. The molecule has 2 heterocycles.